The number of nitrogens with zero attached hydrogens (tertiary/aromatic N) is 1. The van der Waals surface area contributed by atoms with Crippen LogP contribution in [-0.2, 0) is 6.42 Å². The highest BCUT2D eigenvalue weighted by atomic mass is 19.1. The normalized spacial score (nSPS) is 15.7. The van der Waals surface area contributed by atoms with E-state index in [0.29, 0.717) is 12.2 Å². The number of nitrogens with one attached hydrogen (secondary N) is 1. The van der Waals surface area contributed by atoms with Gasteiger partial charge < -0.3 is 5.32 Å². The number of aryl methyl sites for hydroxylation is 1. The van der Waals surface area contributed by atoms with Crippen molar-refractivity contribution >= 4 is 17.5 Å². The van der Waals surface area contributed by atoms with Gasteiger partial charge in [0.1, 0.15) is 11.6 Å². The van der Waals surface area contributed by atoms with Crippen LogP contribution in [0.1, 0.15) is 54.9 Å². The van der Waals surface area contributed by atoms with Crippen LogP contribution in [-0.4, -0.2) is 6.21 Å². The smallest absolute Gasteiger partial charge is 0.127 e. The summed E-state index contributed by atoms with van der Waals surface area (Å²) < 4.78 is 14.7. The fourth-order valence-corrected chi connectivity index (χ4v) is 4.38. The number of benzene rings is 3. The predicted molar refractivity (Wildman–Crippen MR) is 134 cm³/mol. The van der Waals surface area contributed by atoms with Crippen LogP contribution in [0.4, 0.5) is 10.1 Å². The molecule has 0 amide bonds. The molecular weight excluding hydrogens is 395 g/mol. The van der Waals surface area contributed by atoms with Crippen LogP contribution < -0.4 is 5.32 Å². The third-order valence-corrected chi connectivity index (χ3v) is 6.08. The van der Waals surface area contributed by atoms with Gasteiger partial charge in [0.15, 0.2) is 0 Å². The van der Waals surface area contributed by atoms with Gasteiger partial charge in [0, 0.05) is 17.8 Å². The Labute approximate surface area is 190 Å². The van der Waals surface area contributed by atoms with Gasteiger partial charge >= 0.3 is 0 Å². The van der Waals surface area contributed by atoms with E-state index in [0.717, 1.165) is 40.8 Å². The largest absolute Gasteiger partial charge is 0.341 e. The second kappa shape index (κ2) is 9.78. The van der Waals surface area contributed by atoms with Gasteiger partial charge in [-0.25, -0.2) is 9.38 Å². The Morgan fingerprint density at radius 3 is 2.44 bits per heavy atom. The zero-order valence-corrected chi connectivity index (χ0v) is 18.7. The Kier molecular flexibility index (Phi) is 6.65. The molecule has 0 bridgehead atoms. The molecule has 1 aliphatic rings. The summed E-state index contributed by atoms with van der Waals surface area (Å²) in [6.45, 7) is 8.35. The molecule has 3 aromatic carbocycles. The molecule has 2 nitrogen and oxygen atoms in total. The highest BCUT2D eigenvalue weighted by Gasteiger charge is 2.26. The van der Waals surface area contributed by atoms with Crippen molar-refractivity contribution in [3.8, 4) is 0 Å². The minimum absolute atomic E-state index is 0.0371. The summed E-state index contributed by atoms with van der Waals surface area (Å²) >= 11 is 0. The van der Waals surface area contributed by atoms with E-state index in [-0.39, 0.29) is 11.7 Å². The van der Waals surface area contributed by atoms with Crippen molar-refractivity contribution in [1.82, 2.24) is 0 Å². The lowest BCUT2D eigenvalue weighted by Gasteiger charge is -2.28. The number of anilines is 1. The van der Waals surface area contributed by atoms with Crippen molar-refractivity contribution in [3.63, 3.8) is 0 Å². The molecule has 0 radical (unpaired) electrons. The first-order valence-electron chi connectivity index (χ1n) is 11.2. The number of allylic oxidation sites excluding steroid dienone is 2. The van der Waals surface area contributed by atoms with Gasteiger partial charge in [0.05, 0.1) is 0 Å². The van der Waals surface area contributed by atoms with E-state index < -0.39 is 0 Å². The minimum Gasteiger partial charge on any atom is -0.341 e. The lowest BCUT2D eigenvalue weighted by atomic mass is 9.76. The predicted octanol–water partition coefficient (Wildman–Crippen LogP) is 7.74. The summed E-state index contributed by atoms with van der Waals surface area (Å²) in [5, 5.41) is 3.26. The molecule has 0 aromatic heterocycles. The lowest BCUT2D eigenvalue weighted by Crippen LogP contribution is -2.13. The molecule has 1 N–H and O–H groups in total. The number of halogens is 1. The first-order chi connectivity index (χ1) is 15.6. The molecule has 0 aliphatic heterocycles. The molecular formula is C29H29FN2. The number of rotatable bonds is 7. The van der Waals surface area contributed by atoms with Gasteiger partial charge in [-0.15, -0.1) is 0 Å². The monoisotopic (exact) mass is 424 g/mol. The average Bonchev–Trinajstić information content (AvgIpc) is 2.81. The number of hydrogen-bond donors (Lipinski definition) is 1. The van der Waals surface area contributed by atoms with E-state index in [1.54, 1.807) is 6.07 Å². The maximum atomic E-state index is 14.7. The third-order valence-electron chi connectivity index (χ3n) is 6.08. The summed E-state index contributed by atoms with van der Waals surface area (Å²) in [5.74, 6) is 0.375. The average molecular weight is 425 g/mol. The minimum atomic E-state index is -0.166. The van der Waals surface area contributed by atoms with Gasteiger partial charge in [-0.2, -0.15) is 0 Å². The molecule has 0 saturated carbocycles. The number of hydrogen-bond acceptors (Lipinski definition) is 2. The van der Waals surface area contributed by atoms with Crippen molar-refractivity contribution in [2.24, 2.45) is 4.99 Å². The summed E-state index contributed by atoms with van der Waals surface area (Å²) in [6.07, 6.45) is 4.79. The fourth-order valence-electron chi connectivity index (χ4n) is 4.38. The van der Waals surface area contributed by atoms with Crippen molar-refractivity contribution in [1.29, 1.82) is 0 Å². The maximum Gasteiger partial charge on any atom is 0.127 e. The van der Waals surface area contributed by atoms with Crippen LogP contribution in [0.15, 0.2) is 95.8 Å². The second-order valence-corrected chi connectivity index (χ2v) is 8.29. The molecule has 1 unspecified atom stereocenters. The zero-order chi connectivity index (χ0) is 22.5. The van der Waals surface area contributed by atoms with Gasteiger partial charge in [-0.1, -0.05) is 74.5 Å². The van der Waals surface area contributed by atoms with Gasteiger partial charge in [-0.3, -0.25) is 0 Å². The Bertz CT molecular complexity index is 1170. The van der Waals surface area contributed by atoms with Gasteiger partial charge in [0.2, 0.25) is 0 Å². The van der Waals surface area contributed by atoms with Gasteiger partial charge in [-0.05, 0) is 71.4 Å². The second-order valence-electron chi connectivity index (χ2n) is 8.29. The highest BCUT2D eigenvalue weighted by Crippen LogP contribution is 2.42. The van der Waals surface area contributed by atoms with Crippen LogP contribution in [0.5, 0.6) is 0 Å². The van der Waals surface area contributed by atoms with Crippen molar-refractivity contribution in [2.75, 3.05) is 5.32 Å². The SMILES string of the molecule is C=C(/N=C\C1=C(C)c2ccccc2C(c2ccccc2F)C1)Nc1ccc(CCC)cc1. The van der Waals surface area contributed by atoms with E-state index in [1.807, 2.05) is 30.5 Å². The molecule has 3 aromatic rings. The van der Waals surface area contributed by atoms with E-state index in [1.165, 1.54) is 17.2 Å². The van der Waals surface area contributed by atoms with E-state index in [4.69, 9.17) is 0 Å². The molecule has 0 heterocycles. The molecule has 3 heteroatoms. The zero-order valence-electron chi connectivity index (χ0n) is 18.7. The summed E-state index contributed by atoms with van der Waals surface area (Å²) in [6, 6.07) is 23.7. The van der Waals surface area contributed by atoms with Crippen molar-refractivity contribution in [2.45, 2.75) is 39.0 Å². The first-order valence-corrected chi connectivity index (χ1v) is 11.2. The number of fused-ring (bicyclic) bond motifs is 1. The Balaban J connectivity index is 1.56. The fraction of sp³-hybridized carbons (Fsp3) is 0.207. The van der Waals surface area contributed by atoms with Crippen LogP contribution in [0.3, 0.4) is 0 Å². The number of aliphatic imine (C=N–C) groups is 1. The Morgan fingerprint density at radius 1 is 1.03 bits per heavy atom. The lowest BCUT2D eigenvalue weighted by molar-refractivity contribution is 0.595. The Morgan fingerprint density at radius 2 is 1.72 bits per heavy atom. The molecule has 1 aliphatic carbocycles. The molecule has 1 atom stereocenters. The maximum absolute atomic E-state index is 14.7. The van der Waals surface area contributed by atoms with Crippen molar-refractivity contribution in [3.05, 3.63) is 119 Å². The molecule has 0 spiro atoms. The van der Waals surface area contributed by atoms with Crippen LogP contribution in [0.2, 0.25) is 0 Å². The standard InChI is InChI=1S/C29H29FN2/c1-4-9-22-14-16-24(17-15-22)32-21(3)31-19-23-18-28(27-12-7-8-13-29(27)30)26-11-6-5-10-25(26)20(23)2/h5-8,10-17,19,28,32H,3-4,9,18H2,1-2H3/b31-19-. The summed E-state index contributed by atoms with van der Waals surface area (Å²) in [5.41, 5.74) is 7.60. The first kappa shape index (κ1) is 21.8. The highest BCUT2D eigenvalue weighted by molar-refractivity contribution is 5.93. The molecule has 162 valence electrons. The van der Waals surface area contributed by atoms with Crippen molar-refractivity contribution < 1.29 is 4.39 Å². The van der Waals surface area contributed by atoms with Crippen LogP contribution in [0, 0.1) is 5.82 Å². The van der Waals surface area contributed by atoms with E-state index >= 15 is 0 Å². The van der Waals surface area contributed by atoms with Gasteiger partial charge in [0.25, 0.3) is 0 Å². The van der Waals surface area contributed by atoms with Crippen LogP contribution >= 0.6 is 0 Å². The topological polar surface area (TPSA) is 24.4 Å². The quantitative estimate of drug-likeness (QED) is 0.385. The third kappa shape index (κ3) is 4.72. The molecule has 32 heavy (non-hydrogen) atoms. The summed E-state index contributed by atoms with van der Waals surface area (Å²) in [7, 11) is 0. The molecule has 0 fully saturated rings. The van der Waals surface area contributed by atoms with E-state index in [9.17, 15) is 4.39 Å². The molecule has 0 saturated heterocycles. The summed E-state index contributed by atoms with van der Waals surface area (Å²) in [4.78, 5) is 4.59. The Hall–Kier alpha value is -3.46. The van der Waals surface area contributed by atoms with Crippen LogP contribution in [0.25, 0.3) is 5.57 Å². The van der Waals surface area contributed by atoms with E-state index in [2.05, 4.69) is 67.1 Å². The molecule has 4 rings (SSSR count).